The lowest BCUT2D eigenvalue weighted by molar-refractivity contribution is -0.147. The third kappa shape index (κ3) is 3.45. The van der Waals surface area contributed by atoms with Crippen LogP contribution in [-0.2, 0) is 19.1 Å². The fraction of sp³-hybridized carbons (Fsp3) is 0.625. The summed E-state index contributed by atoms with van der Waals surface area (Å²) in [4.78, 5) is 32.1. The largest absolute Gasteiger partial charge is 0.480 e. The van der Waals surface area contributed by atoms with Crippen LogP contribution in [0.2, 0.25) is 0 Å². The molecule has 0 heterocycles. The second kappa shape index (κ2) is 5.09. The van der Waals surface area contributed by atoms with E-state index in [0.717, 1.165) is 6.92 Å². The zero-order valence-corrected chi connectivity index (χ0v) is 9.46. The second-order valence-electron chi connectivity index (χ2n) is 2.75. The van der Waals surface area contributed by atoms with Gasteiger partial charge in [-0.15, -0.1) is 0 Å². The van der Waals surface area contributed by atoms with Gasteiger partial charge in [-0.05, 0) is 6.92 Å². The third-order valence-electron chi connectivity index (χ3n) is 1.65. The number of carbonyl (C=O) groups excluding carboxylic acids is 2. The maximum atomic E-state index is 11.0. The number of carbonyl (C=O) groups is 3. The number of ketones is 1. The molecule has 80 valence electrons. The number of alkyl halides is 1. The Morgan fingerprint density at radius 1 is 1.36 bits per heavy atom. The van der Waals surface area contributed by atoms with Crippen molar-refractivity contribution in [3.63, 3.8) is 0 Å². The Bertz CT molecular complexity index is 246. The Morgan fingerprint density at radius 3 is 2.14 bits per heavy atom. The highest BCUT2D eigenvalue weighted by Gasteiger charge is 2.40. The van der Waals surface area contributed by atoms with Crippen LogP contribution in [0, 0.1) is 0 Å². The van der Waals surface area contributed by atoms with Gasteiger partial charge in [0.25, 0.3) is 0 Å². The van der Waals surface area contributed by atoms with Gasteiger partial charge < -0.3 is 9.84 Å². The Hall–Kier alpha value is -0.910. The minimum Gasteiger partial charge on any atom is -0.480 e. The minimum atomic E-state index is -1.65. The highest BCUT2D eigenvalue weighted by Crippen LogP contribution is 2.24. The number of Topliss-reactive ketones (excluding diaryl/α,β-unsaturated/α-hetero) is 1. The van der Waals surface area contributed by atoms with E-state index in [0.29, 0.717) is 0 Å². The summed E-state index contributed by atoms with van der Waals surface area (Å²) in [6, 6.07) is 0. The minimum absolute atomic E-state index is 0.0861. The smallest absolute Gasteiger partial charge is 0.328 e. The molecule has 0 saturated carbocycles. The van der Waals surface area contributed by atoms with E-state index in [1.807, 2.05) is 0 Å². The van der Waals surface area contributed by atoms with Crippen LogP contribution in [0.15, 0.2) is 0 Å². The highest BCUT2D eigenvalue weighted by molar-refractivity contribution is 9.10. The summed E-state index contributed by atoms with van der Waals surface area (Å²) in [7, 11) is 0. The molecule has 14 heavy (non-hydrogen) atoms. The van der Waals surface area contributed by atoms with Gasteiger partial charge in [0.05, 0.1) is 6.61 Å². The van der Waals surface area contributed by atoms with E-state index in [4.69, 9.17) is 5.11 Å². The quantitative estimate of drug-likeness (QED) is 0.451. The molecule has 0 bridgehead atoms. The Balaban J connectivity index is 4.32. The third-order valence-corrected chi connectivity index (χ3v) is 2.94. The van der Waals surface area contributed by atoms with Crippen LogP contribution in [0.25, 0.3) is 0 Å². The van der Waals surface area contributed by atoms with Crippen molar-refractivity contribution >= 4 is 33.7 Å². The van der Waals surface area contributed by atoms with Gasteiger partial charge in [-0.2, -0.15) is 0 Å². The first-order chi connectivity index (χ1) is 6.30. The molecule has 0 aliphatic heterocycles. The second-order valence-corrected chi connectivity index (χ2v) is 4.11. The molecule has 0 saturated heterocycles. The van der Waals surface area contributed by atoms with Crippen LogP contribution in [-0.4, -0.2) is 33.8 Å². The van der Waals surface area contributed by atoms with E-state index in [2.05, 4.69) is 20.7 Å². The number of halogens is 1. The molecule has 0 fully saturated rings. The molecule has 1 unspecified atom stereocenters. The molecular formula is C8H11BrO5. The monoisotopic (exact) mass is 266 g/mol. The topological polar surface area (TPSA) is 80.7 Å². The summed E-state index contributed by atoms with van der Waals surface area (Å²) < 4.78 is 2.90. The maximum absolute atomic E-state index is 11.0. The van der Waals surface area contributed by atoms with Gasteiger partial charge in [0.1, 0.15) is 0 Å². The van der Waals surface area contributed by atoms with Crippen molar-refractivity contribution in [3.05, 3.63) is 0 Å². The zero-order valence-electron chi connectivity index (χ0n) is 7.87. The van der Waals surface area contributed by atoms with Gasteiger partial charge in [-0.3, -0.25) is 14.4 Å². The predicted octanol–water partition coefficient (Wildman–Crippen LogP) is 0.747. The summed E-state index contributed by atoms with van der Waals surface area (Å²) >= 11 is 2.82. The molecule has 0 aliphatic carbocycles. The molecule has 1 atom stereocenters. The normalized spacial score (nSPS) is 14.2. The first-order valence-electron chi connectivity index (χ1n) is 3.87. The van der Waals surface area contributed by atoms with Gasteiger partial charge in [0, 0.05) is 13.3 Å². The first-order valence-corrected chi connectivity index (χ1v) is 4.66. The first kappa shape index (κ1) is 13.1. The molecule has 0 radical (unpaired) electrons. The van der Waals surface area contributed by atoms with Crippen molar-refractivity contribution in [2.24, 2.45) is 0 Å². The highest BCUT2D eigenvalue weighted by atomic mass is 79.9. The van der Waals surface area contributed by atoms with Gasteiger partial charge in [0.2, 0.25) is 0 Å². The van der Waals surface area contributed by atoms with Gasteiger partial charge in [0.15, 0.2) is 10.1 Å². The van der Waals surface area contributed by atoms with Crippen molar-refractivity contribution < 1.29 is 24.2 Å². The standard InChI is InChI=1S/C8H11BrO5/c1-5(10)8(9,7(12)13)3-4-14-6(2)11/h3-4H2,1-2H3,(H,12,13). The molecule has 0 amide bonds. The lowest BCUT2D eigenvalue weighted by Gasteiger charge is -2.18. The molecule has 0 spiro atoms. The Kier molecular flexibility index (Phi) is 4.76. The van der Waals surface area contributed by atoms with Crippen LogP contribution >= 0.6 is 15.9 Å². The fourth-order valence-electron chi connectivity index (χ4n) is 0.769. The zero-order chi connectivity index (χ0) is 11.4. The van der Waals surface area contributed by atoms with Crippen molar-refractivity contribution in [1.82, 2.24) is 0 Å². The number of rotatable bonds is 5. The molecule has 0 aromatic heterocycles. The Labute approximate surface area is 89.6 Å². The van der Waals surface area contributed by atoms with Crippen LogP contribution < -0.4 is 0 Å². The average molecular weight is 267 g/mol. The molecule has 0 aliphatic rings. The number of aliphatic carboxylic acids is 1. The summed E-state index contributed by atoms with van der Waals surface area (Å²) in [5, 5.41) is 8.76. The van der Waals surface area contributed by atoms with E-state index in [1.165, 1.54) is 6.92 Å². The van der Waals surface area contributed by atoms with Crippen LogP contribution in [0.1, 0.15) is 20.3 Å². The summed E-state index contributed by atoms with van der Waals surface area (Å²) in [5.74, 6) is -2.32. The van der Waals surface area contributed by atoms with Gasteiger partial charge in [-0.1, -0.05) is 15.9 Å². The lowest BCUT2D eigenvalue weighted by atomic mass is 10.0. The van der Waals surface area contributed by atoms with E-state index in [-0.39, 0.29) is 13.0 Å². The van der Waals surface area contributed by atoms with E-state index < -0.39 is 22.0 Å². The molecule has 0 rings (SSSR count). The maximum Gasteiger partial charge on any atom is 0.328 e. The molecule has 0 aromatic rings. The van der Waals surface area contributed by atoms with Crippen LogP contribution in [0.5, 0.6) is 0 Å². The molecule has 1 N–H and O–H groups in total. The van der Waals surface area contributed by atoms with Crippen LogP contribution in [0.3, 0.4) is 0 Å². The average Bonchev–Trinajstić information content (AvgIpc) is 2.02. The molecule has 0 aromatic carbocycles. The summed E-state index contributed by atoms with van der Waals surface area (Å²) in [6.45, 7) is 2.27. The van der Waals surface area contributed by atoms with Gasteiger partial charge >= 0.3 is 11.9 Å². The van der Waals surface area contributed by atoms with Crippen molar-refractivity contribution in [2.75, 3.05) is 6.61 Å². The van der Waals surface area contributed by atoms with Crippen molar-refractivity contribution in [1.29, 1.82) is 0 Å². The van der Waals surface area contributed by atoms with E-state index >= 15 is 0 Å². The SMILES string of the molecule is CC(=O)OCCC(Br)(C(C)=O)C(=O)O. The number of hydrogen-bond donors (Lipinski definition) is 1. The molecular weight excluding hydrogens is 256 g/mol. The summed E-state index contributed by atoms with van der Waals surface area (Å²) in [6.07, 6.45) is -0.0861. The molecule has 5 nitrogen and oxygen atoms in total. The number of ether oxygens (including phenoxy) is 1. The fourth-order valence-corrected chi connectivity index (χ4v) is 0.931. The number of carboxylic acid groups (broad SMARTS) is 1. The number of hydrogen-bond acceptors (Lipinski definition) is 4. The summed E-state index contributed by atoms with van der Waals surface area (Å²) in [5.41, 5.74) is 0. The number of esters is 1. The van der Waals surface area contributed by atoms with Crippen molar-refractivity contribution in [3.8, 4) is 0 Å². The molecule has 6 heteroatoms. The van der Waals surface area contributed by atoms with Gasteiger partial charge in [-0.25, -0.2) is 0 Å². The number of carboxylic acids is 1. The Morgan fingerprint density at radius 2 is 1.86 bits per heavy atom. The van der Waals surface area contributed by atoms with Crippen LogP contribution in [0.4, 0.5) is 0 Å². The van der Waals surface area contributed by atoms with Crippen molar-refractivity contribution in [2.45, 2.75) is 24.6 Å². The lowest BCUT2D eigenvalue weighted by Crippen LogP contribution is -2.40. The predicted molar refractivity (Wildman–Crippen MR) is 51.2 cm³/mol. The van der Waals surface area contributed by atoms with E-state index in [1.54, 1.807) is 0 Å². The van der Waals surface area contributed by atoms with E-state index in [9.17, 15) is 14.4 Å².